The molecular formula is C11H19NO. The van der Waals surface area contributed by atoms with Crippen LogP contribution in [-0.4, -0.2) is 23.9 Å². The predicted molar refractivity (Wildman–Crippen MR) is 54.4 cm³/mol. The largest absolute Gasteiger partial charge is 0.342 e. The minimum atomic E-state index is 0.207. The second-order valence-corrected chi connectivity index (χ2v) is 3.98. The maximum atomic E-state index is 11.1. The van der Waals surface area contributed by atoms with E-state index in [0.29, 0.717) is 5.92 Å². The van der Waals surface area contributed by atoms with Gasteiger partial charge >= 0.3 is 0 Å². The Morgan fingerprint density at radius 2 is 2.15 bits per heavy atom. The molecule has 2 nitrogen and oxygen atoms in total. The van der Waals surface area contributed by atoms with Crippen LogP contribution in [0.4, 0.5) is 0 Å². The van der Waals surface area contributed by atoms with Crippen LogP contribution in [0.5, 0.6) is 0 Å². The van der Waals surface area contributed by atoms with E-state index in [1.807, 2.05) is 4.90 Å². The summed E-state index contributed by atoms with van der Waals surface area (Å²) in [7, 11) is 0. The summed E-state index contributed by atoms with van der Waals surface area (Å²) < 4.78 is 0. The van der Waals surface area contributed by atoms with Crippen LogP contribution in [0.25, 0.3) is 0 Å². The number of hydrogen-bond acceptors (Lipinski definition) is 1. The lowest BCUT2D eigenvalue weighted by atomic mass is 10.00. The van der Waals surface area contributed by atoms with Crippen LogP contribution < -0.4 is 0 Å². The molecule has 0 N–H and O–H groups in total. The van der Waals surface area contributed by atoms with Crippen molar-refractivity contribution in [1.29, 1.82) is 0 Å². The fraction of sp³-hybridized carbons (Fsp3) is 0.727. The first-order valence-corrected chi connectivity index (χ1v) is 5.05. The standard InChI is InChI=1S/C11H19NO/c1-9(2)11-5-4-7-12(8-6-11)10(3)13/h5,9H,4,6-8H2,1-3H3. The number of amides is 1. The van der Waals surface area contributed by atoms with Crippen LogP contribution in [0.15, 0.2) is 11.6 Å². The summed E-state index contributed by atoms with van der Waals surface area (Å²) in [6.45, 7) is 7.88. The molecule has 0 aromatic carbocycles. The number of hydrogen-bond donors (Lipinski definition) is 0. The van der Waals surface area contributed by atoms with Gasteiger partial charge in [0.15, 0.2) is 0 Å². The summed E-state index contributed by atoms with van der Waals surface area (Å²) >= 11 is 0. The van der Waals surface area contributed by atoms with E-state index in [-0.39, 0.29) is 5.91 Å². The zero-order valence-corrected chi connectivity index (χ0v) is 8.84. The van der Waals surface area contributed by atoms with Crippen LogP contribution >= 0.6 is 0 Å². The minimum absolute atomic E-state index is 0.207. The highest BCUT2D eigenvalue weighted by Gasteiger charge is 2.13. The molecule has 0 spiro atoms. The summed E-state index contributed by atoms with van der Waals surface area (Å²) in [4.78, 5) is 13.1. The lowest BCUT2D eigenvalue weighted by Gasteiger charge is -2.18. The first-order valence-electron chi connectivity index (χ1n) is 5.05. The Hall–Kier alpha value is -0.790. The maximum Gasteiger partial charge on any atom is 0.219 e. The van der Waals surface area contributed by atoms with Crippen molar-refractivity contribution < 1.29 is 4.79 Å². The summed E-state index contributed by atoms with van der Waals surface area (Å²) in [5.74, 6) is 0.838. The van der Waals surface area contributed by atoms with Gasteiger partial charge in [0, 0.05) is 20.0 Å². The molecule has 1 aliphatic rings. The molecule has 0 fully saturated rings. The molecule has 0 atom stereocenters. The Morgan fingerprint density at radius 1 is 1.46 bits per heavy atom. The van der Waals surface area contributed by atoms with Gasteiger partial charge in [0.05, 0.1) is 0 Å². The fourth-order valence-electron chi connectivity index (χ4n) is 1.72. The van der Waals surface area contributed by atoms with Crippen LogP contribution in [-0.2, 0) is 4.79 Å². The normalized spacial score (nSPS) is 18.5. The molecule has 1 amide bonds. The molecular weight excluding hydrogens is 162 g/mol. The second kappa shape index (κ2) is 4.45. The van der Waals surface area contributed by atoms with Crippen molar-refractivity contribution in [3.8, 4) is 0 Å². The first-order chi connectivity index (χ1) is 6.11. The summed E-state index contributed by atoms with van der Waals surface area (Å²) in [5, 5.41) is 0. The van der Waals surface area contributed by atoms with Gasteiger partial charge in [-0.15, -0.1) is 0 Å². The highest BCUT2D eigenvalue weighted by atomic mass is 16.2. The smallest absolute Gasteiger partial charge is 0.219 e. The van der Waals surface area contributed by atoms with Crippen molar-refractivity contribution in [3.05, 3.63) is 11.6 Å². The highest BCUT2D eigenvalue weighted by molar-refractivity contribution is 5.73. The molecule has 0 saturated carbocycles. The Balaban J connectivity index is 2.53. The van der Waals surface area contributed by atoms with E-state index in [1.54, 1.807) is 6.92 Å². The van der Waals surface area contributed by atoms with Gasteiger partial charge in [0.1, 0.15) is 0 Å². The van der Waals surface area contributed by atoms with Crippen molar-refractivity contribution in [2.75, 3.05) is 13.1 Å². The predicted octanol–water partition coefficient (Wildman–Crippen LogP) is 2.21. The van der Waals surface area contributed by atoms with Gasteiger partial charge in [-0.05, 0) is 18.8 Å². The van der Waals surface area contributed by atoms with E-state index >= 15 is 0 Å². The third-order valence-corrected chi connectivity index (χ3v) is 2.66. The van der Waals surface area contributed by atoms with Gasteiger partial charge in [-0.1, -0.05) is 25.5 Å². The van der Waals surface area contributed by atoms with E-state index in [0.717, 1.165) is 25.9 Å². The molecule has 0 unspecified atom stereocenters. The zero-order chi connectivity index (χ0) is 9.84. The fourth-order valence-corrected chi connectivity index (χ4v) is 1.72. The van der Waals surface area contributed by atoms with Gasteiger partial charge in [-0.2, -0.15) is 0 Å². The molecule has 0 aliphatic carbocycles. The molecule has 0 radical (unpaired) electrons. The van der Waals surface area contributed by atoms with E-state index in [4.69, 9.17) is 0 Å². The quantitative estimate of drug-likeness (QED) is 0.568. The first kappa shape index (κ1) is 10.3. The second-order valence-electron chi connectivity index (χ2n) is 3.98. The third-order valence-electron chi connectivity index (χ3n) is 2.66. The Kier molecular flexibility index (Phi) is 3.52. The van der Waals surface area contributed by atoms with Crippen molar-refractivity contribution >= 4 is 5.91 Å². The molecule has 0 aromatic heterocycles. The SMILES string of the molecule is CC(=O)N1CCC=C(C(C)C)CC1. The number of rotatable bonds is 1. The molecule has 0 bridgehead atoms. The molecule has 0 saturated heterocycles. The summed E-state index contributed by atoms with van der Waals surface area (Å²) in [6, 6.07) is 0. The Labute approximate surface area is 80.6 Å². The van der Waals surface area contributed by atoms with Crippen LogP contribution in [0.1, 0.15) is 33.6 Å². The minimum Gasteiger partial charge on any atom is -0.342 e. The molecule has 13 heavy (non-hydrogen) atoms. The molecule has 1 aliphatic heterocycles. The van der Waals surface area contributed by atoms with E-state index in [1.165, 1.54) is 5.57 Å². The van der Waals surface area contributed by atoms with Crippen molar-refractivity contribution in [3.63, 3.8) is 0 Å². The lowest BCUT2D eigenvalue weighted by molar-refractivity contribution is -0.128. The number of nitrogens with zero attached hydrogens (tertiary/aromatic N) is 1. The summed E-state index contributed by atoms with van der Waals surface area (Å²) in [5.41, 5.74) is 1.50. The number of carbonyl (C=O) groups excluding carboxylic acids is 1. The van der Waals surface area contributed by atoms with Crippen LogP contribution in [0, 0.1) is 5.92 Å². The number of carbonyl (C=O) groups is 1. The van der Waals surface area contributed by atoms with Gasteiger partial charge < -0.3 is 4.90 Å². The molecule has 1 heterocycles. The average Bonchev–Trinajstić information content (AvgIpc) is 2.27. The highest BCUT2D eigenvalue weighted by Crippen LogP contribution is 2.18. The van der Waals surface area contributed by atoms with Gasteiger partial charge in [-0.25, -0.2) is 0 Å². The van der Waals surface area contributed by atoms with Crippen LogP contribution in [0.2, 0.25) is 0 Å². The van der Waals surface area contributed by atoms with Gasteiger partial charge in [0.2, 0.25) is 5.91 Å². The topological polar surface area (TPSA) is 20.3 Å². The summed E-state index contributed by atoms with van der Waals surface area (Å²) in [6.07, 6.45) is 4.37. The van der Waals surface area contributed by atoms with Crippen molar-refractivity contribution in [2.45, 2.75) is 33.6 Å². The average molecular weight is 181 g/mol. The van der Waals surface area contributed by atoms with Crippen LogP contribution in [0.3, 0.4) is 0 Å². The van der Waals surface area contributed by atoms with Gasteiger partial charge in [0.25, 0.3) is 0 Å². The maximum absolute atomic E-state index is 11.1. The molecule has 1 rings (SSSR count). The molecule has 74 valence electrons. The van der Waals surface area contributed by atoms with Crippen molar-refractivity contribution in [1.82, 2.24) is 4.90 Å². The lowest BCUT2D eigenvalue weighted by Crippen LogP contribution is -2.29. The Morgan fingerprint density at radius 3 is 2.69 bits per heavy atom. The van der Waals surface area contributed by atoms with E-state index < -0.39 is 0 Å². The van der Waals surface area contributed by atoms with Gasteiger partial charge in [-0.3, -0.25) is 4.79 Å². The molecule has 0 aromatic rings. The van der Waals surface area contributed by atoms with E-state index in [2.05, 4.69) is 19.9 Å². The third kappa shape index (κ3) is 2.87. The monoisotopic (exact) mass is 181 g/mol. The zero-order valence-electron chi connectivity index (χ0n) is 8.84. The van der Waals surface area contributed by atoms with Crippen molar-refractivity contribution in [2.24, 2.45) is 5.92 Å². The molecule has 2 heteroatoms. The Bertz CT molecular complexity index is 218. The van der Waals surface area contributed by atoms with E-state index in [9.17, 15) is 4.79 Å².